The van der Waals surface area contributed by atoms with Crippen molar-refractivity contribution in [1.29, 1.82) is 0 Å². The molecule has 1 aromatic carbocycles. The van der Waals surface area contributed by atoms with Gasteiger partial charge < -0.3 is 43.6 Å². The molecule has 1 aliphatic carbocycles. The van der Waals surface area contributed by atoms with Gasteiger partial charge in [-0.25, -0.2) is 4.79 Å². The number of aromatic amines is 1. The number of piperidine rings is 1. The van der Waals surface area contributed by atoms with Crippen LogP contribution >= 0.6 is 0 Å². The summed E-state index contributed by atoms with van der Waals surface area (Å²) < 4.78 is 30.9. The van der Waals surface area contributed by atoms with Crippen LogP contribution in [0.2, 0.25) is 0 Å². The van der Waals surface area contributed by atoms with E-state index >= 15 is 0 Å². The molecule has 360 valence electrons. The number of ketones is 2. The van der Waals surface area contributed by atoms with E-state index in [1.807, 2.05) is 46.0 Å². The van der Waals surface area contributed by atoms with Crippen LogP contribution in [0.1, 0.15) is 125 Å². The number of para-hydroxylation sites is 1. The van der Waals surface area contributed by atoms with E-state index in [9.17, 15) is 24.3 Å². The Morgan fingerprint density at radius 3 is 2.42 bits per heavy atom. The number of benzene rings is 1. The topological polar surface area (TPSA) is 157 Å². The number of rotatable bonds is 8. The summed E-state index contributed by atoms with van der Waals surface area (Å²) in [4.78, 5) is 64.9. The zero-order valence-electron chi connectivity index (χ0n) is 40.7. The summed E-state index contributed by atoms with van der Waals surface area (Å²) in [5, 5.41) is 13.3. The summed E-state index contributed by atoms with van der Waals surface area (Å²) >= 11 is 0. The Bertz CT molecular complexity index is 2050. The van der Waals surface area contributed by atoms with Crippen molar-refractivity contribution in [3.63, 3.8) is 0 Å². The SMILES string of the molecule is CCC1/C=C(\C)CC(C)CC(OC)C2OC(O)(C(=O)C(=O)N3CCCCC3C(=O)OC(C(C)=CC3(N(C)c4c[nH]c5ccccc45)CCCC(OC)C3)C(C)CCC1=O)C(C)CC2OC. The monoisotopic (exact) mass is 904 g/mol. The van der Waals surface area contributed by atoms with Crippen LogP contribution in [-0.2, 0) is 42.9 Å². The number of likely N-dealkylation sites (N-methyl/N-ethyl adjacent to an activating group) is 1. The zero-order chi connectivity index (χ0) is 47.2. The molecule has 0 spiro atoms. The fraction of sp³-hybridized carbons (Fsp3) is 0.692. The number of carbonyl (C=O) groups is 4. The first-order chi connectivity index (χ1) is 31.0. The second kappa shape index (κ2) is 21.8. The number of H-pyrrole nitrogens is 1. The predicted molar refractivity (Wildman–Crippen MR) is 251 cm³/mol. The van der Waals surface area contributed by atoms with Crippen LogP contribution in [0.4, 0.5) is 5.69 Å². The standard InChI is InChI=1S/C52H77N3O10/c1-11-37-26-32(2)25-33(3)27-44(62-9)47-45(63-10)28-36(6)52(60,65-47)48(57)49(58)55-24-15-14-20-41(55)50(59)64-46(34(4)21-22-43(37)56)35(5)29-51(23-16-17-38(30-51)61-8)54(7)42-31-53-40-19-13-12-18-39(40)42/h12-13,18-19,26,29,31,33-34,36-38,41,44-47,53,60H,11,14-17,20-25,27-28,30H2,1-10H3/b32-26+,35-29?. The fourth-order valence-corrected chi connectivity index (χ4v) is 11.4. The number of nitrogens with zero attached hydrogens (tertiary/aromatic N) is 2. The molecule has 2 N–H and O–H groups in total. The van der Waals surface area contributed by atoms with Gasteiger partial charge in [-0.1, -0.05) is 63.6 Å². The third-order valence-electron chi connectivity index (χ3n) is 15.3. The first-order valence-electron chi connectivity index (χ1n) is 24.2. The minimum absolute atomic E-state index is 0.00712. The van der Waals surface area contributed by atoms with Crippen LogP contribution in [0, 0.1) is 23.7 Å². The number of esters is 1. The molecule has 1 aromatic heterocycles. The number of hydrogen-bond donors (Lipinski definition) is 2. The average molecular weight is 904 g/mol. The molecule has 1 saturated carbocycles. The highest BCUT2D eigenvalue weighted by molar-refractivity contribution is 6.39. The van der Waals surface area contributed by atoms with Crippen LogP contribution in [0.3, 0.4) is 0 Å². The molecule has 6 rings (SSSR count). The van der Waals surface area contributed by atoms with Crippen molar-refractivity contribution in [2.45, 2.75) is 173 Å². The van der Waals surface area contributed by atoms with E-state index in [2.05, 4.69) is 48.1 Å². The zero-order valence-corrected chi connectivity index (χ0v) is 40.7. The minimum Gasteiger partial charge on any atom is -0.456 e. The molecule has 3 aliphatic heterocycles. The van der Waals surface area contributed by atoms with Gasteiger partial charge in [0, 0.05) is 76.7 Å². The van der Waals surface area contributed by atoms with Gasteiger partial charge in [-0.15, -0.1) is 0 Å². The highest BCUT2D eigenvalue weighted by Crippen LogP contribution is 2.43. The number of cyclic esters (lactones) is 1. The lowest BCUT2D eigenvalue weighted by Crippen LogP contribution is -2.64. The number of ether oxygens (including phenoxy) is 5. The summed E-state index contributed by atoms with van der Waals surface area (Å²) in [7, 11) is 7.00. The number of fused-ring (bicyclic) bond motifs is 4. The number of methoxy groups -OCH3 is 3. The maximum Gasteiger partial charge on any atom is 0.329 e. The third kappa shape index (κ3) is 11.0. The number of aromatic nitrogens is 1. The number of carbonyl (C=O) groups excluding carboxylic acids is 4. The first-order valence-corrected chi connectivity index (χ1v) is 24.2. The molecule has 13 heteroatoms. The number of aliphatic hydroxyl groups is 1. The van der Waals surface area contributed by atoms with Crippen molar-refractivity contribution in [3.8, 4) is 0 Å². The van der Waals surface area contributed by atoms with Gasteiger partial charge in [0.15, 0.2) is 0 Å². The normalized spacial score (nSPS) is 36.3. The Morgan fingerprint density at radius 1 is 0.985 bits per heavy atom. The second-order valence-electron chi connectivity index (χ2n) is 19.9. The summed E-state index contributed by atoms with van der Waals surface area (Å²) in [6.07, 6.45) is 11.5. The van der Waals surface area contributed by atoms with Crippen molar-refractivity contribution >= 4 is 40.0 Å². The molecule has 4 aliphatic rings. The molecule has 3 fully saturated rings. The lowest BCUT2D eigenvalue weighted by atomic mass is 9.76. The number of anilines is 1. The highest BCUT2D eigenvalue weighted by Gasteiger charge is 2.56. The molecule has 13 nitrogen and oxygen atoms in total. The van der Waals surface area contributed by atoms with Gasteiger partial charge in [0.2, 0.25) is 5.79 Å². The molecule has 65 heavy (non-hydrogen) atoms. The maximum absolute atomic E-state index is 14.8. The first kappa shape index (κ1) is 50.5. The Morgan fingerprint density at radius 2 is 1.71 bits per heavy atom. The molecular formula is C52H77N3O10. The molecule has 4 heterocycles. The smallest absolute Gasteiger partial charge is 0.329 e. The predicted octanol–water partition coefficient (Wildman–Crippen LogP) is 8.27. The largest absolute Gasteiger partial charge is 0.456 e. The number of nitrogens with one attached hydrogen (secondary N) is 1. The second-order valence-corrected chi connectivity index (χ2v) is 19.9. The van der Waals surface area contributed by atoms with Crippen molar-refractivity contribution in [1.82, 2.24) is 9.88 Å². The Hall–Kier alpha value is -3.88. The third-order valence-corrected chi connectivity index (χ3v) is 15.3. The summed E-state index contributed by atoms with van der Waals surface area (Å²) in [5.41, 5.74) is 3.49. The number of Topliss-reactive ketones (excluding diaryl/α,β-unsaturated/α-hetero) is 2. The number of hydrogen-bond acceptors (Lipinski definition) is 11. The van der Waals surface area contributed by atoms with Crippen molar-refractivity contribution in [3.05, 3.63) is 53.8 Å². The summed E-state index contributed by atoms with van der Waals surface area (Å²) in [6.45, 7) is 12.0. The molecule has 1 amide bonds. The van der Waals surface area contributed by atoms with Gasteiger partial charge in [0.05, 0.1) is 29.5 Å². The Balaban J connectivity index is 1.41. The van der Waals surface area contributed by atoms with Gasteiger partial charge >= 0.3 is 5.97 Å². The van der Waals surface area contributed by atoms with Crippen LogP contribution in [0.15, 0.2) is 53.8 Å². The fourth-order valence-electron chi connectivity index (χ4n) is 11.4. The number of amides is 1. The van der Waals surface area contributed by atoms with Crippen LogP contribution in [0.5, 0.6) is 0 Å². The summed E-state index contributed by atoms with van der Waals surface area (Å²) in [6, 6.07) is 7.17. The van der Waals surface area contributed by atoms with Crippen LogP contribution < -0.4 is 4.90 Å². The van der Waals surface area contributed by atoms with Crippen LogP contribution in [-0.4, -0.2) is 121 Å². The molecule has 12 atom stereocenters. The maximum atomic E-state index is 14.8. The van der Waals surface area contributed by atoms with Gasteiger partial charge in [-0.3, -0.25) is 14.4 Å². The van der Waals surface area contributed by atoms with E-state index in [0.29, 0.717) is 57.8 Å². The number of allylic oxidation sites excluding steroid dienone is 2. The molecule has 12 unspecified atom stereocenters. The van der Waals surface area contributed by atoms with Gasteiger partial charge in [0.1, 0.15) is 24.0 Å². The molecule has 0 radical (unpaired) electrons. The van der Waals surface area contributed by atoms with Crippen molar-refractivity contribution in [2.75, 3.05) is 39.8 Å². The van der Waals surface area contributed by atoms with Gasteiger partial charge in [-0.05, 0) is 108 Å². The minimum atomic E-state index is -2.48. The van der Waals surface area contributed by atoms with E-state index in [0.717, 1.165) is 47.0 Å². The lowest BCUT2D eigenvalue weighted by molar-refractivity contribution is -0.302. The van der Waals surface area contributed by atoms with E-state index < -0.39 is 65.4 Å². The van der Waals surface area contributed by atoms with E-state index in [-0.39, 0.29) is 42.6 Å². The Kier molecular flexibility index (Phi) is 17.0. The van der Waals surface area contributed by atoms with E-state index in [1.54, 1.807) is 28.3 Å². The summed E-state index contributed by atoms with van der Waals surface area (Å²) in [5.74, 6) is -6.33. The average Bonchev–Trinajstić information content (AvgIpc) is 3.74. The van der Waals surface area contributed by atoms with E-state index in [1.165, 1.54) is 4.90 Å². The van der Waals surface area contributed by atoms with Crippen molar-refractivity contribution < 1.29 is 48.0 Å². The van der Waals surface area contributed by atoms with Crippen LogP contribution in [0.25, 0.3) is 10.9 Å². The Labute approximate surface area is 387 Å². The quantitative estimate of drug-likeness (QED) is 0.149. The molecule has 2 aromatic rings. The highest BCUT2D eigenvalue weighted by atomic mass is 16.7. The molecule has 2 saturated heterocycles. The van der Waals surface area contributed by atoms with Crippen molar-refractivity contribution in [2.24, 2.45) is 23.7 Å². The molecular weight excluding hydrogens is 827 g/mol. The lowest BCUT2D eigenvalue weighted by Gasteiger charge is -2.47. The van der Waals surface area contributed by atoms with Gasteiger partial charge in [0.25, 0.3) is 11.7 Å². The van der Waals surface area contributed by atoms with E-state index in [4.69, 9.17) is 23.7 Å². The molecule has 2 bridgehead atoms. The van der Waals surface area contributed by atoms with Gasteiger partial charge in [-0.2, -0.15) is 0 Å².